The fourth-order valence-corrected chi connectivity index (χ4v) is 4.11. The first-order valence-corrected chi connectivity index (χ1v) is 13.0. The molecule has 0 saturated heterocycles. The van der Waals surface area contributed by atoms with Crippen LogP contribution in [0.15, 0.2) is 66.9 Å². The van der Waals surface area contributed by atoms with Crippen LogP contribution in [0, 0.1) is 6.92 Å². The minimum Gasteiger partial charge on any atom is -0.478 e. The Bertz CT molecular complexity index is 1600. The van der Waals surface area contributed by atoms with Crippen LogP contribution in [0.5, 0.6) is 11.6 Å². The number of anilines is 2. The maximum atomic E-state index is 14.0. The maximum absolute atomic E-state index is 14.0. The summed E-state index contributed by atoms with van der Waals surface area (Å²) in [5.74, 6) is -2.50. The summed E-state index contributed by atoms with van der Waals surface area (Å²) in [6.07, 6.45) is -3.64. The number of carboxylic acid groups (broad SMARTS) is 1. The summed E-state index contributed by atoms with van der Waals surface area (Å²) in [5, 5.41) is 20.4. The highest BCUT2D eigenvalue weighted by molar-refractivity contribution is 6.29. The van der Waals surface area contributed by atoms with Gasteiger partial charge in [-0.1, -0.05) is 29.3 Å². The highest BCUT2D eigenvalue weighted by Crippen LogP contribution is 2.38. The molecular weight excluding hydrogens is 575 g/mol. The lowest BCUT2D eigenvalue weighted by molar-refractivity contribution is -0.138. The second-order valence-corrected chi connectivity index (χ2v) is 9.90. The lowest BCUT2D eigenvalue weighted by Crippen LogP contribution is -2.38. The molecule has 42 heavy (non-hydrogen) atoms. The predicted octanol–water partition coefficient (Wildman–Crippen LogP) is 7.01. The Morgan fingerprint density at radius 1 is 1.05 bits per heavy atom. The van der Waals surface area contributed by atoms with E-state index in [1.54, 1.807) is 38.1 Å². The van der Waals surface area contributed by atoms with Gasteiger partial charge in [-0.05, 0) is 74.9 Å². The van der Waals surface area contributed by atoms with E-state index in [2.05, 4.69) is 20.5 Å². The molecule has 0 saturated carbocycles. The van der Waals surface area contributed by atoms with E-state index in [-0.39, 0.29) is 34.3 Å². The van der Waals surface area contributed by atoms with Crippen LogP contribution in [0.1, 0.15) is 51.3 Å². The molecule has 2 N–H and O–H groups in total. The van der Waals surface area contributed by atoms with E-state index in [9.17, 15) is 27.9 Å². The smallest absolute Gasteiger partial charge is 0.421 e. The second kappa shape index (κ2) is 12.4. The summed E-state index contributed by atoms with van der Waals surface area (Å²) in [6, 6.07) is 13.9. The molecule has 0 bridgehead atoms. The van der Waals surface area contributed by atoms with Crippen LogP contribution in [0.2, 0.25) is 5.15 Å². The van der Waals surface area contributed by atoms with Crippen LogP contribution >= 0.6 is 11.6 Å². The molecule has 218 valence electrons. The number of ether oxygens (including phenoxy) is 1. The molecule has 4 aromatic rings. The van der Waals surface area contributed by atoms with Crippen molar-refractivity contribution in [2.45, 2.75) is 39.5 Å². The van der Waals surface area contributed by atoms with Gasteiger partial charge >= 0.3 is 12.1 Å². The SMILES string of the molecule is Cc1ccc(C(=O)N(c2ccc(Oc3ncc(CNc4ccc(Cl)nn4)cc3C(F)(F)F)cc2C(=O)O)C(C)C)cc1. The van der Waals surface area contributed by atoms with Crippen LogP contribution in [0.25, 0.3) is 0 Å². The van der Waals surface area contributed by atoms with Gasteiger partial charge in [0.2, 0.25) is 5.88 Å². The number of alkyl halides is 3. The Kier molecular flexibility index (Phi) is 8.96. The number of nitrogens with zero attached hydrogens (tertiary/aromatic N) is 4. The van der Waals surface area contributed by atoms with Gasteiger partial charge in [-0.15, -0.1) is 10.2 Å². The van der Waals surface area contributed by atoms with Crippen molar-refractivity contribution in [1.82, 2.24) is 15.2 Å². The van der Waals surface area contributed by atoms with Gasteiger partial charge in [0.1, 0.15) is 17.1 Å². The summed E-state index contributed by atoms with van der Waals surface area (Å²) in [6.45, 7) is 5.26. The first kappa shape index (κ1) is 30.3. The molecule has 13 heteroatoms. The molecule has 0 radical (unpaired) electrons. The number of aromatic nitrogens is 3. The molecule has 2 heterocycles. The van der Waals surface area contributed by atoms with Gasteiger partial charge < -0.3 is 20.1 Å². The van der Waals surface area contributed by atoms with Crippen molar-refractivity contribution < 1.29 is 32.6 Å². The van der Waals surface area contributed by atoms with E-state index < -0.39 is 35.5 Å². The Hall–Kier alpha value is -4.71. The second-order valence-electron chi connectivity index (χ2n) is 9.51. The number of aromatic carboxylic acids is 1. The summed E-state index contributed by atoms with van der Waals surface area (Å²) >= 11 is 5.69. The van der Waals surface area contributed by atoms with Gasteiger partial charge in [0, 0.05) is 24.3 Å². The highest BCUT2D eigenvalue weighted by Gasteiger charge is 2.36. The molecule has 0 unspecified atom stereocenters. The Balaban J connectivity index is 1.64. The van der Waals surface area contributed by atoms with Crippen LogP contribution in [0.3, 0.4) is 0 Å². The van der Waals surface area contributed by atoms with E-state index in [0.29, 0.717) is 11.4 Å². The van der Waals surface area contributed by atoms with Crippen LogP contribution in [0.4, 0.5) is 24.7 Å². The van der Waals surface area contributed by atoms with Crippen LogP contribution < -0.4 is 15.0 Å². The third kappa shape index (κ3) is 7.13. The van der Waals surface area contributed by atoms with Gasteiger partial charge in [-0.25, -0.2) is 9.78 Å². The molecular formula is C29H25ClF3N5O4. The number of hydrogen-bond acceptors (Lipinski definition) is 7. The van der Waals surface area contributed by atoms with E-state index in [0.717, 1.165) is 17.7 Å². The van der Waals surface area contributed by atoms with E-state index in [1.807, 2.05) is 6.92 Å². The molecule has 1 amide bonds. The number of carbonyl (C=O) groups is 2. The molecule has 4 rings (SSSR count). The minimum absolute atomic E-state index is 0.0510. The van der Waals surface area contributed by atoms with Crippen molar-refractivity contribution >= 4 is 35.0 Å². The van der Waals surface area contributed by atoms with Gasteiger partial charge in [0.25, 0.3) is 5.91 Å². The molecule has 0 atom stereocenters. The zero-order chi connectivity index (χ0) is 30.6. The predicted molar refractivity (Wildman–Crippen MR) is 150 cm³/mol. The van der Waals surface area contributed by atoms with Gasteiger partial charge in [-0.2, -0.15) is 13.2 Å². The normalized spacial score (nSPS) is 11.3. The largest absolute Gasteiger partial charge is 0.478 e. The van der Waals surface area contributed by atoms with E-state index in [4.69, 9.17) is 16.3 Å². The zero-order valence-corrected chi connectivity index (χ0v) is 23.4. The number of nitrogens with one attached hydrogen (secondary N) is 1. The number of hydrogen-bond donors (Lipinski definition) is 2. The molecule has 2 aromatic heterocycles. The van der Waals surface area contributed by atoms with Gasteiger partial charge in [0.05, 0.1) is 11.3 Å². The average Bonchev–Trinajstić information content (AvgIpc) is 2.93. The summed E-state index contributed by atoms with van der Waals surface area (Å²) in [4.78, 5) is 30.7. The number of carbonyl (C=O) groups excluding carboxylic acids is 1. The van der Waals surface area contributed by atoms with Crippen molar-refractivity contribution in [1.29, 1.82) is 0 Å². The number of pyridine rings is 1. The first-order chi connectivity index (χ1) is 19.8. The summed E-state index contributed by atoms with van der Waals surface area (Å²) in [7, 11) is 0. The number of benzene rings is 2. The quantitative estimate of drug-likeness (QED) is 0.211. The van der Waals surface area contributed by atoms with Crippen molar-refractivity contribution in [3.05, 3.63) is 99.8 Å². The first-order valence-electron chi connectivity index (χ1n) is 12.6. The van der Waals surface area contributed by atoms with E-state index >= 15 is 0 Å². The zero-order valence-electron chi connectivity index (χ0n) is 22.6. The standard InChI is InChI=1S/C29H25ClF3N5O4/c1-16(2)38(27(39)19-6-4-17(3)5-7-19)23-9-8-20(13-21(23)28(40)41)42-26-22(29(31,32)33)12-18(15-35-26)14-34-25-11-10-24(30)36-37-25/h4-13,15-16H,14H2,1-3H3,(H,34,37)(H,40,41). The molecule has 0 spiro atoms. The number of aryl methyl sites for hydroxylation is 1. The van der Waals surface area contributed by atoms with Gasteiger partial charge in [-0.3, -0.25) is 4.79 Å². The molecule has 0 aliphatic carbocycles. The molecule has 0 aliphatic rings. The number of carboxylic acids is 1. The van der Waals surface area contributed by atoms with E-state index in [1.165, 1.54) is 35.4 Å². The summed E-state index contributed by atoms with van der Waals surface area (Å²) < 4.78 is 47.3. The third-order valence-corrected chi connectivity index (χ3v) is 6.23. The van der Waals surface area contributed by atoms with Crippen molar-refractivity contribution in [3.63, 3.8) is 0 Å². The van der Waals surface area contributed by atoms with Crippen molar-refractivity contribution in [2.75, 3.05) is 10.2 Å². The molecule has 2 aromatic carbocycles. The fourth-order valence-electron chi connectivity index (χ4n) is 4.01. The Labute approximate surface area is 243 Å². The maximum Gasteiger partial charge on any atom is 0.421 e. The number of amides is 1. The lowest BCUT2D eigenvalue weighted by atomic mass is 10.1. The average molecular weight is 600 g/mol. The van der Waals surface area contributed by atoms with Crippen LogP contribution in [-0.2, 0) is 12.7 Å². The fraction of sp³-hybridized carbons (Fsp3) is 0.207. The molecule has 0 fully saturated rings. The lowest BCUT2D eigenvalue weighted by Gasteiger charge is -2.28. The molecule has 9 nitrogen and oxygen atoms in total. The van der Waals surface area contributed by atoms with Gasteiger partial charge in [0.15, 0.2) is 5.15 Å². The monoisotopic (exact) mass is 599 g/mol. The Morgan fingerprint density at radius 3 is 2.36 bits per heavy atom. The topological polar surface area (TPSA) is 118 Å². The highest BCUT2D eigenvalue weighted by atomic mass is 35.5. The van der Waals surface area contributed by atoms with Crippen LogP contribution in [-0.4, -0.2) is 38.2 Å². The minimum atomic E-state index is -4.83. The van der Waals surface area contributed by atoms with Crippen molar-refractivity contribution in [3.8, 4) is 11.6 Å². The van der Waals surface area contributed by atoms with Crippen molar-refractivity contribution in [2.24, 2.45) is 0 Å². The number of halogens is 4. The third-order valence-electron chi connectivity index (χ3n) is 6.03. The number of rotatable bonds is 9. The molecule has 0 aliphatic heterocycles. The summed E-state index contributed by atoms with van der Waals surface area (Å²) in [5.41, 5.74) is 0.0368. The Morgan fingerprint density at radius 2 is 1.76 bits per heavy atom.